The first kappa shape index (κ1) is 19.0. The maximum atomic E-state index is 12.0. The van der Waals surface area contributed by atoms with Crippen LogP contribution in [0.25, 0.3) is 0 Å². The maximum absolute atomic E-state index is 12.0. The van der Waals surface area contributed by atoms with E-state index >= 15 is 0 Å². The topological polar surface area (TPSA) is 94.1 Å². The SMILES string of the molecule is CN=C(NCCS(=O)(=O)NCC1CCC1)N1CCN(C(C)=O)CC1. The van der Waals surface area contributed by atoms with Crippen molar-refractivity contribution in [2.45, 2.75) is 26.2 Å². The quantitative estimate of drug-likeness (QED) is 0.490. The molecule has 2 N–H and O–H groups in total. The minimum Gasteiger partial charge on any atom is -0.355 e. The third-order valence-corrected chi connectivity index (χ3v) is 6.05. The third kappa shape index (κ3) is 5.62. The Kier molecular flexibility index (Phi) is 6.85. The first-order chi connectivity index (χ1) is 11.4. The summed E-state index contributed by atoms with van der Waals surface area (Å²) < 4.78 is 26.7. The molecule has 0 aromatic rings. The minimum atomic E-state index is -3.25. The number of nitrogens with one attached hydrogen (secondary N) is 2. The van der Waals surface area contributed by atoms with Crippen LogP contribution in [0.5, 0.6) is 0 Å². The lowest BCUT2D eigenvalue weighted by atomic mass is 9.86. The van der Waals surface area contributed by atoms with Crippen LogP contribution in [-0.2, 0) is 14.8 Å². The number of carbonyl (C=O) groups excluding carboxylic acids is 1. The van der Waals surface area contributed by atoms with Crippen molar-refractivity contribution in [2.24, 2.45) is 10.9 Å². The summed E-state index contributed by atoms with van der Waals surface area (Å²) in [6.45, 7) is 5.18. The average molecular weight is 359 g/mol. The number of nitrogens with zero attached hydrogens (tertiary/aromatic N) is 3. The minimum absolute atomic E-state index is 0.0339. The van der Waals surface area contributed by atoms with Crippen molar-refractivity contribution in [2.75, 3.05) is 52.1 Å². The van der Waals surface area contributed by atoms with Crippen molar-refractivity contribution in [3.63, 3.8) is 0 Å². The fourth-order valence-electron chi connectivity index (χ4n) is 2.88. The molecule has 0 aromatic heterocycles. The summed E-state index contributed by atoms with van der Waals surface area (Å²) in [7, 11) is -1.56. The summed E-state index contributed by atoms with van der Waals surface area (Å²) in [4.78, 5) is 19.4. The molecule has 138 valence electrons. The number of sulfonamides is 1. The highest BCUT2D eigenvalue weighted by atomic mass is 32.2. The summed E-state index contributed by atoms with van der Waals surface area (Å²) in [5, 5.41) is 3.11. The summed E-state index contributed by atoms with van der Waals surface area (Å²) in [5.74, 6) is 1.32. The van der Waals surface area contributed by atoms with Crippen LogP contribution < -0.4 is 10.0 Å². The maximum Gasteiger partial charge on any atom is 0.219 e. The van der Waals surface area contributed by atoms with E-state index in [9.17, 15) is 13.2 Å². The van der Waals surface area contributed by atoms with Crippen molar-refractivity contribution < 1.29 is 13.2 Å². The highest BCUT2D eigenvalue weighted by Crippen LogP contribution is 2.25. The molecule has 0 bridgehead atoms. The molecule has 0 unspecified atom stereocenters. The zero-order valence-electron chi connectivity index (χ0n) is 14.6. The van der Waals surface area contributed by atoms with Crippen LogP contribution in [-0.4, -0.2) is 82.2 Å². The van der Waals surface area contributed by atoms with E-state index in [1.54, 1.807) is 18.9 Å². The number of aliphatic imine (C=N–C) groups is 1. The molecule has 1 saturated heterocycles. The summed E-state index contributed by atoms with van der Waals surface area (Å²) >= 11 is 0. The van der Waals surface area contributed by atoms with E-state index in [1.165, 1.54) is 6.42 Å². The number of rotatable bonds is 6. The average Bonchev–Trinajstić information content (AvgIpc) is 2.50. The van der Waals surface area contributed by atoms with Gasteiger partial charge in [0.15, 0.2) is 5.96 Å². The molecule has 9 heteroatoms. The van der Waals surface area contributed by atoms with Gasteiger partial charge in [-0.3, -0.25) is 9.79 Å². The fourth-order valence-corrected chi connectivity index (χ4v) is 3.88. The molecule has 24 heavy (non-hydrogen) atoms. The van der Waals surface area contributed by atoms with Gasteiger partial charge in [-0.2, -0.15) is 0 Å². The second kappa shape index (κ2) is 8.66. The molecule has 1 amide bonds. The van der Waals surface area contributed by atoms with Crippen LogP contribution in [0.3, 0.4) is 0 Å². The standard InChI is InChI=1S/C15H29N5O3S/c1-13(21)19-7-9-20(10-8-19)15(16-2)17-6-11-24(22,23)18-12-14-4-3-5-14/h14,18H,3-12H2,1-2H3,(H,16,17). The molecule has 8 nitrogen and oxygen atoms in total. The lowest BCUT2D eigenvalue weighted by molar-refractivity contribution is -0.130. The largest absolute Gasteiger partial charge is 0.355 e. The molecule has 1 aliphatic heterocycles. The predicted molar refractivity (Wildman–Crippen MR) is 94.3 cm³/mol. The van der Waals surface area contributed by atoms with Gasteiger partial charge in [-0.15, -0.1) is 0 Å². The molecule has 1 heterocycles. The van der Waals surface area contributed by atoms with Gasteiger partial charge in [0.2, 0.25) is 15.9 Å². The molecule has 2 rings (SSSR count). The zero-order chi connectivity index (χ0) is 17.6. The second-order valence-electron chi connectivity index (χ2n) is 6.43. The first-order valence-electron chi connectivity index (χ1n) is 8.60. The molecule has 0 radical (unpaired) electrons. The second-order valence-corrected chi connectivity index (χ2v) is 8.36. The van der Waals surface area contributed by atoms with Gasteiger partial charge in [0.05, 0.1) is 5.75 Å². The Morgan fingerprint density at radius 1 is 1.17 bits per heavy atom. The molecular weight excluding hydrogens is 330 g/mol. The van der Waals surface area contributed by atoms with Gasteiger partial charge < -0.3 is 15.1 Å². The van der Waals surface area contributed by atoms with Gasteiger partial charge in [0, 0.05) is 53.2 Å². The number of piperazine rings is 1. The van der Waals surface area contributed by atoms with E-state index in [1.807, 2.05) is 4.90 Å². The highest BCUT2D eigenvalue weighted by molar-refractivity contribution is 7.89. The highest BCUT2D eigenvalue weighted by Gasteiger charge is 2.22. The number of carbonyl (C=O) groups is 1. The van der Waals surface area contributed by atoms with E-state index in [4.69, 9.17) is 0 Å². The molecule has 1 aliphatic carbocycles. The lowest BCUT2D eigenvalue weighted by Gasteiger charge is -2.36. The van der Waals surface area contributed by atoms with Crippen LogP contribution in [0.2, 0.25) is 0 Å². The Bertz CT molecular complexity index is 551. The fraction of sp³-hybridized carbons (Fsp3) is 0.867. The van der Waals surface area contributed by atoms with E-state index in [0.29, 0.717) is 51.1 Å². The molecule has 0 aromatic carbocycles. The Morgan fingerprint density at radius 2 is 1.79 bits per heavy atom. The van der Waals surface area contributed by atoms with E-state index in [2.05, 4.69) is 15.0 Å². The van der Waals surface area contributed by atoms with Crippen LogP contribution in [0, 0.1) is 5.92 Å². The Morgan fingerprint density at radius 3 is 2.29 bits per heavy atom. The van der Waals surface area contributed by atoms with Crippen LogP contribution >= 0.6 is 0 Å². The molecule has 2 aliphatic rings. The van der Waals surface area contributed by atoms with Crippen molar-refractivity contribution in [3.05, 3.63) is 0 Å². The normalized spacial score (nSPS) is 20.0. The zero-order valence-corrected chi connectivity index (χ0v) is 15.4. The van der Waals surface area contributed by atoms with Crippen molar-refractivity contribution in [3.8, 4) is 0 Å². The van der Waals surface area contributed by atoms with Gasteiger partial charge in [-0.1, -0.05) is 6.42 Å². The third-order valence-electron chi connectivity index (χ3n) is 4.71. The van der Waals surface area contributed by atoms with Crippen LogP contribution in [0.1, 0.15) is 26.2 Å². The first-order valence-corrected chi connectivity index (χ1v) is 10.2. The van der Waals surface area contributed by atoms with Crippen molar-refractivity contribution in [1.82, 2.24) is 19.8 Å². The Labute approximate surface area is 144 Å². The summed E-state index contributed by atoms with van der Waals surface area (Å²) in [5.41, 5.74) is 0. The molecular formula is C15H29N5O3S. The number of amides is 1. The van der Waals surface area contributed by atoms with Crippen LogP contribution in [0.15, 0.2) is 4.99 Å². The number of guanidine groups is 1. The number of hydrogen-bond acceptors (Lipinski definition) is 4. The smallest absolute Gasteiger partial charge is 0.219 e. The summed E-state index contributed by atoms with van der Waals surface area (Å²) in [6.07, 6.45) is 3.46. The molecule has 0 spiro atoms. The summed E-state index contributed by atoms with van der Waals surface area (Å²) in [6, 6.07) is 0. The number of hydrogen-bond donors (Lipinski definition) is 2. The molecule has 2 fully saturated rings. The monoisotopic (exact) mass is 359 g/mol. The Balaban J connectivity index is 1.70. The molecule has 0 atom stereocenters. The van der Waals surface area contributed by atoms with Crippen molar-refractivity contribution >= 4 is 21.9 Å². The van der Waals surface area contributed by atoms with Gasteiger partial charge in [-0.05, 0) is 18.8 Å². The van der Waals surface area contributed by atoms with Gasteiger partial charge in [0.1, 0.15) is 0 Å². The predicted octanol–water partition coefficient (Wildman–Crippen LogP) is -0.555. The van der Waals surface area contributed by atoms with Crippen LogP contribution in [0.4, 0.5) is 0 Å². The van der Waals surface area contributed by atoms with E-state index in [0.717, 1.165) is 12.8 Å². The van der Waals surface area contributed by atoms with Gasteiger partial charge in [0.25, 0.3) is 0 Å². The Hall–Kier alpha value is -1.35. The van der Waals surface area contributed by atoms with E-state index in [-0.39, 0.29) is 11.7 Å². The molecule has 1 saturated carbocycles. The lowest BCUT2D eigenvalue weighted by Crippen LogP contribution is -2.54. The van der Waals surface area contributed by atoms with Gasteiger partial charge in [-0.25, -0.2) is 13.1 Å². The van der Waals surface area contributed by atoms with Gasteiger partial charge >= 0.3 is 0 Å². The van der Waals surface area contributed by atoms with E-state index < -0.39 is 10.0 Å². The van der Waals surface area contributed by atoms with Crippen molar-refractivity contribution in [1.29, 1.82) is 0 Å².